The average molecular weight is 333 g/mol. The number of hydrogen-bond acceptors (Lipinski definition) is 3. The minimum absolute atomic E-state index is 0.0560. The molecule has 0 bridgehead atoms. The summed E-state index contributed by atoms with van der Waals surface area (Å²) in [6.07, 6.45) is -0.552. The van der Waals surface area contributed by atoms with Crippen molar-refractivity contribution >= 4 is 5.91 Å². The van der Waals surface area contributed by atoms with Crippen LogP contribution in [0.5, 0.6) is 5.75 Å². The molecule has 6 heteroatoms. The maximum atomic E-state index is 14.0. The summed E-state index contributed by atoms with van der Waals surface area (Å²) in [6, 6.07) is 8.62. The Hall–Kier alpha value is -2.47. The van der Waals surface area contributed by atoms with E-state index in [1.54, 1.807) is 12.1 Å². The number of carbonyl (C=O) groups excluding carboxylic acids is 1. The molecule has 1 aliphatic heterocycles. The number of likely N-dealkylation sites (tertiary alicyclic amines) is 1. The first kappa shape index (κ1) is 16.4. The molecule has 1 saturated heterocycles. The number of hydrogen-bond donors (Lipinski definition) is 2. The van der Waals surface area contributed by atoms with Crippen LogP contribution < -0.4 is 0 Å². The van der Waals surface area contributed by atoms with Crippen LogP contribution >= 0.6 is 0 Å². The topological polar surface area (TPSA) is 60.8 Å². The van der Waals surface area contributed by atoms with Crippen LogP contribution in [-0.4, -0.2) is 33.7 Å². The Morgan fingerprint density at radius 2 is 1.88 bits per heavy atom. The lowest BCUT2D eigenvalue weighted by Gasteiger charge is -2.25. The lowest BCUT2D eigenvalue weighted by Crippen LogP contribution is -2.33. The average Bonchev–Trinajstić information content (AvgIpc) is 2.94. The molecule has 3 rings (SSSR count). The minimum Gasteiger partial charge on any atom is -0.508 e. The fourth-order valence-corrected chi connectivity index (χ4v) is 3.04. The van der Waals surface area contributed by atoms with E-state index in [1.807, 2.05) is 0 Å². The standard InChI is InChI=1S/C18H17F2NO3/c19-12-3-6-16(20)15(8-12)17-9-14(23)10-21(17)18(24)7-11-1-4-13(22)5-2-11/h1-6,8,14,17,22-23H,7,9-10H2. The van der Waals surface area contributed by atoms with Crippen LogP contribution in [0.25, 0.3) is 0 Å². The molecule has 4 nitrogen and oxygen atoms in total. The second-order valence-electron chi connectivity index (χ2n) is 5.96. The highest BCUT2D eigenvalue weighted by molar-refractivity contribution is 5.79. The molecule has 1 amide bonds. The SMILES string of the molecule is O=C(Cc1ccc(O)cc1)N1CC(O)CC1c1cc(F)ccc1F. The highest BCUT2D eigenvalue weighted by atomic mass is 19.1. The number of halogens is 2. The van der Waals surface area contributed by atoms with Crippen molar-refractivity contribution in [2.75, 3.05) is 6.54 Å². The van der Waals surface area contributed by atoms with Gasteiger partial charge in [-0.15, -0.1) is 0 Å². The van der Waals surface area contributed by atoms with Crippen molar-refractivity contribution in [1.82, 2.24) is 4.90 Å². The number of amides is 1. The Morgan fingerprint density at radius 1 is 1.17 bits per heavy atom. The van der Waals surface area contributed by atoms with Crippen LogP contribution in [0.1, 0.15) is 23.6 Å². The molecule has 1 heterocycles. The Labute approximate surface area is 138 Å². The molecule has 2 aromatic carbocycles. The molecule has 2 aromatic rings. The van der Waals surface area contributed by atoms with Crippen LogP contribution in [0.4, 0.5) is 8.78 Å². The van der Waals surface area contributed by atoms with Crippen molar-refractivity contribution in [3.63, 3.8) is 0 Å². The number of aliphatic hydroxyl groups is 1. The normalized spacial score (nSPS) is 20.4. The number of benzene rings is 2. The van der Waals surface area contributed by atoms with Gasteiger partial charge in [-0.2, -0.15) is 0 Å². The van der Waals surface area contributed by atoms with Crippen LogP contribution in [0.2, 0.25) is 0 Å². The second-order valence-corrected chi connectivity index (χ2v) is 5.96. The minimum atomic E-state index is -0.776. The van der Waals surface area contributed by atoms with Gasteiger partial charge in [0.05, 0.1) is 18.6 Å². The van der Waals surface area contributed by atoms with E-state index in [0.29, 0.717) is 5.56 Å². The zero-order chi connectivity index (χ0) is 17.3. The molecule has 0 spiro atoms. The largest absolute Gasteiger partial charge is 0.508 e. The van der Waals surface area contributed by atoms with Crippen molar-refractivity contribution in [3.8, 4) is 5.75 Å². The maximum absolute atomic E-state index is 14.0. The van der Waals surface area contributed by atoms with Gasteiger partial charge < -0.3 is 15.1 Å². The molecule has 1 fully saturated rings. The Bertz CT molecular complexity index is 748. The number of aliphatic hydroxyl groups excluding tert-OH is 1. The highest BCUT2D eigenvalue weighted by Crippen LogP contribution is 2.34. The molecular weight excluding hydrogens is 316 g/mol. The molecule has 0 radical (unpaired) electrons. The Kier molecular flexibility index (Phi) is 4.49. The number of β-amino-alcohol motifs (C(OH)–C–C–N with tert-alkyl or cyclic N) is 1. The van der Waals surface area contributed by atoms with E-state index in [0.717, 1.165) is 18.2 Å². The van der Waals surface area contributed by atoms with Gasteiger partial charge in [-0.05, 0) is 42.3 Å². The van der Waals surface area contributed by atoms with Crippen molar-refractivity contribution in [1.29, 1.82) is 0 Å². The van der Waals surface area contributed by atoms with Crippen LogP contribution in [-0.2, 0) is 11.2 Å². The lowest BCUT2D eigenvalue weighted by atomic mass is 10.0. The summed E-state index contributed by atoms with van der Waals surface area (Å²) >= 11 is 0. The summed E-state index contributed by atoms with van der Waals surface area (Å²) in [7, 11) is 0. The van der Waals surface area contributed by atoms with Gasteiger partial charge in [-0.1, -0.05) is 12.1 Å². The number of phenolic OH excluding ortho intramolecular Hbond substituents is 1. The first-order valence-electron chi connectivity index (χ1n) is 7.64. The third kappa shape index (κ3) is 3.38. The van der Waals surface area contributed by atoms with Gasteiger partial charge in [0.1, 0.15) is 17.4 Å². The van der Waals surface area contributed by atoms with Gasteiger partial charge >= 0.3 is 0 Å². The summed E-state index contributed by atoms with van der Waals surface area (Å²) in [5.41, 5.74) is 0.767. The summed E-state index contributed by atoms with van der Waals surface area (Å²) in [5.74, 6) is -1.37. The molecular formula is C18H17F2NO3. The molecule has 2 atom stereocenters. The van der Waals surface area contributed by atoms with E-state index in [1.165, 1.54) is 17.0 Å². The highest BCUT2D eigenvalue weighted by Gasteiger charge is 2.36. The van der Waals surface area contributed by atoms with Crippen LogP contribution in [0.15, 0.2) is 42.5 Å². The quantitative estimate of drug-likeness (QED) is 0.907. The fourth-order valence-electron chi connectivity index (χ4n) is 3.04. The molecule has 0 aromatic heterocycles. The first-order valence-corrected chi connectivity index (χ1v) is 7.64. The van der Waals surface area contributed by atoms with Crippen LogP contribution in [0, 0.1) is 11.6 Å². The van der Waals surface area contributed by atoms with E-state index in [9.17, 15) is 23.8 Å². The predicted molar refractivity (Wildman–Crippen MR) is 83.2 cm³/mol. The Balaban J connectivity index is 1.83. The lowest BCUT2D eigenvalue weighted by molar-refractivity contribution is -0.131. The molecule has 2 unspecified atom stereocenters. The van der Waals surface area contributed by atoms with E-state index >= 15 is 0 Å². The molecule has 126 valence electrons. The summed E-state index contributed by atoms with van der Waals surface area (Å²) < 4.78 is 27.5. The molecule has 24 heavy (non-hydrogen) atoms. The first-order chi connectivity index (χ1) is 11.4. The van der Waals surface area contributed by atoms with Crippen molar-refractivity contribution in [2.24, 2.45) is 0 Å². The monoisotopic (exact) mass is 333 g/mol. The van der Waals surface area contributed by atoms with Gasteiger partial charge in [0, 0.05) is 12.1 Å². The van der Waals surface area contributed by atoms with Crippen molar-refractivity contribution in [2.45, 2.75) is 25.0 Å². The van der Waals surface area contributed by atoms with E-state index in [-0.39, 0.29) is 36.6 Å². The van der Waals surface area contributed by atoms with Crippen molar-refractivity contribution < 1.29 is 23.8 Å². The summed E-state index contributed by atoms with van der Waals surface area (Å²) in [4.78, 5) is 13.9. The number of phenols is 1. The van der Waals surface area contributed by atoms with Gasteiger partial charge in [0.15, 0.2) is 0 Å². The predicted octanol–water partition coefficient (Wildman–Crippen LogP) is 2.55. The van der Waals surface area contributed by atoms with E-state index < -0.39 is 23.8 Å². The molecule has 2 N–H and O–H groups in total. The van der Waals surface area contributed by atoms with E-state index in [4.69, 9.17) is 0 Å². The molecule has 1 aliphatic rings. The molecule has 0 aliphatic carbocycles. The summed E-state index contributed by atoms with van der Waals surface area (Å²) in [5, 5.41) is 19.2. The zero-order valence-corrected chi connectivity index (χ0v) is 12.8. The van der Waals surface area contributed by atoms with Crippen molar-refractivity contribution in [3.05, 3.63) is 65.2 Å². The van der Waals surface area contributed by atoms with Gasteiger partial charge in [0.2, 0.25) is 5.91 Å². The van der Waals surface area contributed by atoms with E-state index in [2.05, 4.69) is 0 Å². The molecule has 0 saturated carbocycles. The van der Waals surface area contributed by atoms with Gasteiger partial charge in [0.25, 0.3) is 0 Å². The third-order valence-electron chi connectivity index (χ3n) is 4.21. The number of aromatic hydroxyl groups is 1. The third-order valence-corrected chi connectivity index (χ3v) is 4.21. The fraction of sp³-hybridized carbons (Fsp3) is 0.278. The smallest absolute Gasteiger partial charge is 0.227 e. The number of rotatable bonds is 3. The van der Waals surface area contributed by atoms with Crippen LogP contribution in [0.3, 0.4) is 0 Å². The Morgan fingerprint density at radius 3 is 2.58 bits per heavy atom. The number of nitrogens with zero attached hydrogens (tertiary/aromatic N) is 1. The van der Waals surface area contributed by atoms with Gasteiger partial charge in [-0.25, -0.2) is 8.78 Å². The second kappa shape index (κ2) is 6.57. The zero-order valence-electron chi connectivity index (χ0n) is 12.8. The van der Waals surface area contributed by atoms with Gasteiger partial charge in [-0.3, -0.25) is 4.79 Å². The summed E-state index contributed by atoms with van der Waals surface area (Å²) in [6.45, 7) is 0.0809. The number of carbonyl (C=O) groups is 1. The maximum Gasteiger partial charge on any atom is 0.227 e.